The third-order valence-corrected chi connectivity index (χ3v) is 5.65. The SMILES string of the molecule is CN1C(=O)N[C@H](c2cccc([N+](=O)[O-])c2)[C@@H](C(=O)c2cccs2)[C@]1(O)C(F)(F)F. The molecular formula is C17H14F3N3O5S. The molecule has 0 spiro atoms. The molecule has 8 nitrogen and oxygen atoms in total. The van der Waals surface area contributed by atoms with Gasteiger partial charge in [0.15, 0.2) is 5.78 Å². The van der Waals surface area contributed by atoms with Gasteiger partial charge in [0.05, 0.1) is 15.8 Å². The van der Waals surface area contributed by atoms with Crippen molar-refractivity contribution in [1.29, 1.82) is 0 Å². The van der Waals surface area contributed by atoms with Crippen molar-refractivity contribution in [2.75, 3.05) is 7.05 Å². The van der Waals surface area contributed by atoms with Gasteiger partial charge in [-0.1, -0.05) is 18.2 Å². The average molecular weight is 429 g/mol. The van der Waals surface area contributed by atoms with E-state index in [2.05, 4.69) is 5.32 Å². The number of nitrogens with one attached hydrogen (secondary N) is 1. The first kappa shape index (κ1) is 20.7. The fraction of sp³-hybridized carbons (Fsp3) is 0.294. The van der Waals surface area contributed by atoms with E-state index >= 15 is 0 Å². The van der Waals surface area contributed by atoms with E-state index in [4.69, 9.17) is 0 Å². The maximum absolute atomic E-state index is 14.0. The van der Waals surface area contributed by atoms with Crippen LogP contribution in [0.5, 0.6) is 0 Å². The predicted octanol–water partition coefficient (Wildman–Crippen LogP) is 3.10. The summed E-state index contributed by atoms with van der Waals surface area (Å²) in [5.74, 6) is -3.26. The summed E-state index contributed by atoms with van der Waals surface area (Å²) in [6.45, 7) is 0. The molecule has 2 amide bonds. The lowest BCUT2D eigenvalue weighted by atomic mass is 9.78. The highest BCUT2D eigenvalue weighted by Crippen LogP contribution is 2.48. The van der Waals surface area contributed by atoms with Crippen LogP contribution in [0, 0.1) is 16.0 Å². The van der Waals surface area contributed by atoms with Crippen molar-refractivity contribution >= 4 is 28.8 Å². The molecule has 1 aromatic carbocycles. The lowest BCUT2D eigenvalue weighted by Crippen LogP contribution is -2.72. The molecule has 154 valence electrons. The molecule has 0 saturated carbocycles. The van der Waals surface area contributed by atoms with E-state index in [-0.39, 0.29) is 15.3 Å². The zero-order valence-electron chi connectivity index (χ0n) is 14.7. The van der Waals surface area contributed by atoms with Crippen LogP contribution in [0.4, 0.5) is 23.7 Å². The average Bonchev–Trinajstić information content (AvgIpc) is 3.19. The van der Waals surface area contributed by atoms with Crippen LogP contribution in [-0.2, 0) is 0 Å². The molecule has 0 unspecified atom stereocenters. The molecule has 2 N–H and O–H groups in total. The fourth-order valence-corrected chi connectivity index (χ4v) is 3.99. The van der Waals surface area contributed by atoms with E-state index < -0.39 is 46.3 Å². The summed E-state index contributed by atoms with van der Waals surface area (Å²) in [6, 6.07) is 4.36. The maximum Gasteiger partial charge on any atom is 0.437 e. The predicted molar refractivity (Wildman–Crippen MR) is 95.3 cm³/mol. The van der Waals surface area contributed by atoms with Gasteiger partial charge in [0.1, 0.15) is 5.92 Å². The molecule has 1 aliphatic rings. The van der Waals surface area contributed by atoms with E-state index in [0.717, 1.165) is 30.5 Å². The van der Waals surface area contributed by atoms with Gasteiger partial charge >= 0.3 is 12.2 Å². The van der Waals surface area contributed by atoms with Crippen molar-refractivity contribution in [2.24, 2.45) is 5.92 Å². The van der Waals surface area contributed by atoms with Crippen LogP contribution in [0.1, 0.15) is 21.3 Å². The van der Waals surface area contributed by atoms with Crippen LogP contribution < -0.4 is 5.32 Å². The van der Waals surface area contributed by atoms with Gasteiger partial charge in [-0.05, 0) is 17.0 Å². The highest BCUT2D eigenvalue weighted by Gasteiger charge is 2.69. The van der Waals surface area contributed by atoms with Gasteiger partial charge in [-0.3, -0.25) is 19.8 Å². The van der Waals surface area contributed by atoms with Crippen LogP contribution in [0.2, 0.25) is 0 Å². The first-order chi connectivity index (χ1) is 13.5. The number of aliphatic hydroxyl groups is 1. The zero-order valence-corrected chi connectivity index (χ0v) is 15.5. The topological polar surface area (TPSA) is 113 Å². The Labute approximate surface area is 165 Å². The molecule has 3 atom stereocenters. The number of nitro groups is 1. The van der Waals surface area contributed by atoms with Gasteiger partial charge < -0.3 is 10.4 Å². The Morgan fingerprint density at radius 3 is 2.59 bits per heavy atom. The number of hydrogen-bond acceptors (Lipinski definition) is 6. The van der Waals surface area contributed by atoms with Gasteiger partial charge in [0.25, 0.3) is 11.4 Å². The van der Waals surface area contributed by atoms with Gasteiger partial charge in [-0.15, -0.1) is 11.3 Å². The highest BCUT2D eigenvalue weighted by atomic mass is 32.1. The van der Waals surface area contributed by atoms with Gasteiger partial charge in [-0.25, -0.2) is 4.79 Å². The van der Waals surface area contributed by atoms with Crippen molar-refractivity contribution in [2.45, 2.75) is 17.9 Å². The number of non-ortho nitro benzene ring substituents is 1. The minimum absolute atomic E-state index is 0.0248. The Balaban J connectivity index is 2.22. The number of nitrogens with zero attached hydrogens (tertiary/aromatic N) is 2. The maximum atomic E-state index is 14.0. The molecule has 1 fully saturated rings. The van der Waals surface area contributed by atoms with Crippen LogP contribution >= 0.6 is 11.3 Å². The second kappa shape index (κ2) is 7.12. The number of Topliss-reactive ketones (excluding diaryl/α,β-unsaturated/α-hetero) is 1. The number of ketones is 1. The quantitative estimate of drug-likeness (QED) is 0.441. The molecule has 2 heterocycles. The number of carbonyl (C=O) groups is 2. The number of halogens is 3. The van der Waals surface area contributed by atoms with Crippen LogP contribution in [0.25, 0.3) is 0 Å². The summed E-state index contributed by atoms with van der Waals surface area (Å²) < 4.78 is 41.9. The number of urea groups is 1. The Hall–Kier alpha value is -2.99. The first-order valence-corrected chi connectivity index (χ1v) is 9.02. The molecule has 29 heavy (non-hydrogen) atoms. The molecule has 0 aliphatic carbocycles. The number of alkyl halides is 3. The van der Waals surface area contributed by atoms with Crippen LogP contribution in [-0.4, -0.2) is 45.7 Å². The lowest BCUT2D eigenvalue weighted by molar-refractivity contribution is -0.385. The summed E-state index contributed by atoms with van der Waals surface area (Å²) in [6.07, 6.45) is -5.38. The van der Waals surface area contributed by atoms with Crippen molar-refractivity contribution in [1.82, 2.24) is 10.2 Å². The molecule has 2 aromatic rings. The van der Waals surface area contributed by atoms with Crippen LogP contribution in [0.3, 0.4) is 0 Å². The van der Waals surface area contributed by atoms with E-state index in [1.807, 2.05) is 0 Å². The van der Waals surface area contributed by atoms with E-state index in [9.17, 15) is 38.0 Å². The second-order valence-electron chi connectivity index (χ2n) is 6.38. The monoisotopic (exact) mass is 429 g/mol. The Morgan fingerprint density at radius 1 is 1.34 bits per heavy atom. The number of thiophene rings is 1. The lowest BCUT2D eigenvalue weighted by Gasteiger charge is -2.49. The second-order valence-corrected chi connectivity index (χ2v) is 7.33. The van der Waals surface area contributed by atoms with Crippen molar-refractivity contribution in [3.05, 3.63) is 62.3 Å². The third kappa shape index (κ3) is 3.34. The largest absolute Gasteiger partial charge is 0.437 e. The standard InChI is InChI=1S/C17H14F3N3O5S/c1-22-15(25)21-13(9-4-2-5-10(8-9)23(27)28)12(16(22,26)17(18,19)20)14(24)11-6-3-7-29-11/h2-8,12-13,26H,1H3,(H,21,25)/t12-,13+,16-/m0/s1. The highest BCUT2D eigenvalue weighted by molar-refractivity contribution is 7.12. The minimum Gasteiger partial charge on any atom is -0.363 e. The Morgan fingerprint density at radius 2 is 2.03 bits per heavy atom. The fourth-order valence-electron chi connectivity index (χ4n) is 3.29. The smallest absolute Gasteiger partial charge is 0.363 e. The van der Waals surface area contributed by atoms with Crippen LogP contribution in [0.15, 0.2) is 41.8 Å². The van der Waals surface area contributed by atoms with Crippen molar-refractivity contribution < 1.29 is 32.8 Å². The number of benzene rings is 1. The summed E-state index contributed by atoms with van der Waals surface area (Å²) in [4.78, 5) is 35.5. The Kier molecular flexibility index (Phi) is 5.09. The van der Waals surface area contributed by atoms with Gasteiger partial charge in [-0.2, -0.15) is 13.2 Å². The summed E-state index contributed by atoms with van der Waals surface area (Å²) >= 11 is 0.876. The first-order valence-electron chi connectivity index (χ1n) is 8.14. The van der Waals surface area contributed by atoms with Crippen molar-refractivity contribution in [3.63, 3.8) is 0 Å². The Bertz CT molecular complexity index is 965. The molecule has 1 aromatic heterocycles. The number of carbonyl (C=O) groups excluding carboxylic acids is 2. The summed E-state index contributed by atoms with van der Waals surface area (Å²) in [5.41, 5.74) is -4.38. The molecule has 3 rings (SSSR count). The molecular weight excluding hydrogens is 415 g/mol. The molecule has 0 radical (unpaired) electrons. The molecule has 1 saturated heterocycles. The summed E-state index contributed by atoms with van der Waals surface area (Å²) in [7, 11) is 0.723. The minimum atomic E-state index is -5.38. The number of hydrogen-bond donors (Lipinski definition) is 2. The number of amides is 2. The molecule has 1 aliphatic heterocycles. The number of nitro benzene ring substituents is 1. The third-order valence-electron chi connectivity index (χ3n) is 4.77. The van der Waals surface area contributed by atoms with E-state index in [1.54, 1.807) is 0 Å². The molecule has 12 heteroatoms. The molecule has 0 bridgehead atoms. The zero-order chi connectivity index (χ0) is 21.6. The van der Waals surface area contributed by atoms with Gasteiger partial charge in [0, 0.05) is 19.2 Å². The normalized spacial score (nSPS) is 24.9. The van der Waals surface area contributed by atoms with E-state index in [1.165, 1.54) is 29.6 Å². The van der Waals surface area contributed by atoms with Crippen molar-refractivity contribution in [3.8, 4) is 0 Å². The van der Waals surface area contributed by atoms with E-state index in [0.29, 0.717) is 0 Å². The summed E-state index contributed by atoms with van der Waals surface area (Å²) in [5, 5.41) is 25.5. The van der Waals surface area contributed by atoms with Gasteiger partial charge in [0.2, 0.25) is 0 Å². The number of rotatable bonds is 4.